The first-order valence-electron chi connectivity index (χ1n) is 5.68. The molecule has 2 aromatic rings. The molecule has 0 aliphatic carbocycles. The Morgan fingerprint density at radius 3 is 2.16 bits per heavy atom. The summed E-state index contributed by atoms with van der Waals surface area (Å²) in [5, 5.41) is 9.00. The summed E-state index contributed by atoms with van der Waals surface area (Å²) < 4.78 is 0. The van der Waals surface area contributed by atoms with E-state index >= 15 is 0 Å². The van der Waals surface area contributed by atoms with Gasteiger partial charge < -0.3 is 0 Å². The van der Waals surface area contributed by atoms with Gasteiger partial charge in [0.05, 0.1) is 5.56 Å². The summed E-state index contributed by atoms with van der Waals surface area (Å²) in [4.78, 5) is 21.2. The van der Waals surface area contributed by atoms with E-state index < -0.39 is 12.1 Å². The molecule has 0 spiro atoms. The van der Waals surface area contributed by atoms with Crippen LogP contribution in [0.1, 0.15) is 22.0 Å². The summed E-state index contributed by atoms with van der Waals surface area (Å²) in [5.74, 6) is -0.628. The number of nitriles is 1. The van der Waals surface area contributed by atoms with Gasteiger partial charge in [-0.3, -0.25) is 4.89 Å². The Balaban J connectivity index is 1.98. The molecule has 0 aromatic heterocycles. The predicted molar refractivity (Wildman–Crippen MR) is 67.7 cm³/mol. The highest BCUT2D eigenvalue weighted by Gasteiger charge is 2.15. The minimum atomic E-state index is -0.936. The van der Waals surface area contributed by atoms with Crippen molar-refractivity contribution in [2.75, 3.05) is 0 Å². The molecule has 0 saturated heterocycles. The second-order valence-corrected chi connectivity index (χ2v) is 3.75. The van der Waals surface area contributed by atoms with Crippen molar-refractivity contribution in [3.05, 3.63) is 71.8 Å². The quantitative estimate of drug-likeness (QED) is 0.620. The van der Waals surface area contributed by atoms with Crippen molar-refractivity contribution in [3.63, 3.8) is 0 Å². The molecule has 0 saturated carbocycles. The minimum absolute atomic E-state index is 0.368. The lowest BCUT2D eigenvalue weighted by molar-refractivity contribution is -0.263. The third-order valence-corrected chi connectivity index (χ3v) is 2.45. The topological polar surface area (TPSA) is 59.3 Å². The van der Waals surface area contributed by atoms with Gasteiger partial charge in [0.25, 0.3) is 0 Å². The highest BCUT2D eigenvalue weighted by Crippen LogP contribution is 2.17. The van der Waals surface area contributed by atoms with Crippen LogP contribution in [-0.4, -0.2) is 5.97 Å². The first kappa shape index (κ1) is 12.8. The molecule has 0 bridgehead atoms. The molecule has 0 aliphatic heterocycles. The number of nitrogens with zero attached hydrogens (tertiary/aromatic N) is 1. The van der Waals surface area contributed by atoms with Crippen LogP contribution >= 0.6 is 0 Å². The Bertz CT molecular complexity index is 575. The summed E-state index contributed by atoms with van der Waals surface area (Å²) in [7, 11) is 0. The van der Waals surface area contributed by atoms with Crippen molar-refractivity contribution in [3.8, 4) is 6.07 Å². The Morgan fingerprint density at radius 2 is 1.58 bits per heavy atom. The molecule has 1 atom stereocenters. The van der Waals surface area contributed by atoms with Gasteiger partial charge in [0, 0.05) is 0 Å². The standard InChI is InChI=1S/C15H11NO3/c16-11-14(12-7-3-1-4-8-12)18-19-15(17)13-9-5-2-6-10-13/h1-10,14H. The van der Waals surface area contributed by atoms with Crippen LogP contribution < -0.4 is 0 Å². The van der Waals surface area contributed by atoms with E-state index in [4.69, 9.17) is 10.1 Å². The van der Waals surface area contributed by atoms with Gasteiger partial charge in [0.1, 0.15) is 6.07 Å². The molecule has 2 rings (SSSR count). The molecule has 19 heavy (non-hydrogen) atoms. The average molecular weight is 253 g/mol. The number of benzene rings is 2. The molecule has 0 aliphatic rings. The minimum Gasteiger partial charge on any atom is -0.291 e. The maximum absolute atomic E-state index is 11.6. The molecular weight excluding hydrogens is 242 g/mol. The fourth-order valence-electron chi connectivity index (χ4n) is 1.49. The highest BCUT2D eigenvalue weighted by molar-refractivity contribution is 5.88. The molecular formula is C15H11NO3. The second kappa shape index (κ2) is 6.34. The van der Waals surface area contributed by atoms with Gasteiger partial charge in [-0.25, -0.2) is 4.79 Å². The second-order valence-electron chi connectivity index (χ2n) is 3.75. The van der Waals surface area contributed by atoms with Gasteiger partial charge in [-0.05, 0) is 17.7 Å². The Hall–Kier alpha value is -2.64. The van der Waals surface area contributed by atoms with Crippen molar-refractivity contribution in [1.82, 2.24) is 0 Å². The fourth-order valence-corrected chi connectivity index (χ4v) is 1.49. The van der Waals surface area contributed by atoms with Crippen LogP contribution in [-0.2, 0) is 9.78 Å². The summed E-state index contributed by atoms with van der Waals surface area (Å²) >= 11 is 0. The van der Waals surface area contributed by atoms with Crippen LogP contribution in [0.5, 0.6) is 0 Å². The van der Waals surface area contributed by atoms with Crippen LogP contribution in [0.4, 0.5) is 0 Å². The van der Waals surface area contributed by atoms with E-state index in [9.17, 15) is 4.79 Å². The Kier molecular flexibility index (Phi) is 4.27. The number of carbonyl (C=O) groups is 1. The molecule has 1 unspecified atom stereocenters. The van der Waals surface area contributed by atoms with Crippen molar-refractivity contribution in [2.24, 2.45) is 0 Å². The largest absolute Gasteiger partial charge is 0.373 e. The van der Waals surface area contributed by atoms with Gasteiger partial charge in [-0.2, -0.15) is 10.1 Å². The van der Waals surface area contributed by atoms with Crippen LogP contribution in [0, 0.1) is 11.3 Å². The van der Waals surface area contributed by atoms with Crippen molar-refractivity contribution in [2.45, 2.75) is 6.10 Å². The predicted octanol–water partition coefficient (Wildman–Crippen LogP) is 3.04. The third kappa shape index (κ3) is 3.41. The SMILES string of the molecule is N#CC(OOC(=O)c1ccccc1)c1ccccc1. The molecule has 4 nitrogen and oxygen atoms in total. The number of hydrogen-bond donors (Lipinski definition) is 0. The fraction of sp³-hybridized carbons (Fsp3) is 0.0667. The highest BCUT2D eigenvalue weighted by atomic mass is 17.2. The molecule has 0 N–H and O–H groups in total. The molecule has 94 valence electrons. The van der Waals surface area contributed by atoms with Crippen molar-refractivity contribution >= 4 is 5.97 Å². The monoisotopic (exact) mass is 253 g/mol. The molecule has 0 fully saturated rings. The molecule has 2 aromatic carbocycles. The van der Waals surface area contributed by atoms with E-state index in [1.807, 2.05) is 12.1 Å². The van der Waals surface area contributed by atoms with E-state index in [0.717, 1.165) is 0 Å². The smallest absolute Gasteiger partial charge is 0.291 e. The Morgan fingerprint density at radius 1 is 1.00 bits per heavy atom. The maximum Gasteiger partial charge on any atom is 0.373 e. The number of hydrogen-bond acceptors (Lipinski definition) is 4. The number of rotatable bonds is 4. The van der Waals surface area contributed by atoms with Gasteiger partial charge in [-0.1, -0.05) is 48.5 Å². The zero-order valence-corrected chi connectivity index (χ0v) is 10.0. The Labute approximate surface area is 110 Å². The average Bonchev–Trinajstić information content (AvgIpc) is 2.49. The lowest BCUT2D eigenvalue weighted by Gasteiger charge is -2.09. The van der Waals surface area contributed by atoms with E-state index in [1.165, 1.54) is 0 Å². The third-order valence-electron chi connectivity index (χ3n) is 2.45. The summed E-state index contributed by atoms with van der Waals surface area (Å²) in [5.41, 5.74) is 0.998. The van der Waals surface area contributed by atoms with Crippen molar-refractivity contribution < 1.29 is 14.6 Å². The normalized spacial score (nSPS) is 11.3. The van der Waals surface area contributed by atoms with E-state index in [2.05, 4.69) is 4.89 Å². The molecule has 0 amide bonds. The van der Waals surface area contributed by atoms with Crippen LogP contribution in [0.15, 0.2) is 60.7 Å². The zero-order chi connectivity index (χ0) is 13.5. The lowest BCUT2D eigenvalue weighted by atomic mass is 10.1. The molecule has 4 heteroatoms. The summed E-state index contributed by atoms with van der Waals surface area (Å²) in [6.45, 7) is 0. The van der Waals surface area contributed by atoms with Gasteiger partial charge in [0.2, 0.25) is 6.10 Å². The first-order chi connectivity index (χ1) is 9.31. The van der Waals surface area contributed by atoms with E-state index in [-0.39, 0.29) is 0 Å². The number of carbonyl (C=O) groups excluding carboxylic acids is 1. The lowest BCUT2D eigenvalue weighted by Crippen LogP contribution is -2.09. The van der Waals surface area contributed by atoms with Crippen LogP contribution in [0.3, 0.4) is 0 Å². The van der Waals surface area contributed by atoms with Gasteiger partial charge >= 0.3 is 5.97 Å². The summed E-state index contributed by atoms with van der Waals surface area (Å²) in [6.07, 6.45) is -0.936. The molecule has 0 heterocycles. The zero-order valence-electron chi connectivity index (χ0n) is 10.0. The maximum atomic E-state index is 11.6. The molecule has 0 radical (unpaired) electrons. The van der Waals surface area contributed by atoms with Gasteiger partial charge in [-0.15, -0.1) is 0 Å². The summed E-state index contributed by atoms with van der Waals surface area (Å²) in [6, 6.07) is 19.2. The van der Waals surface area contributed by atoms with Crippen LogP contribution in [0.25, 0.3) is 0 Å². The van der Waals surface area contributed by atoms with E-state index in [1.54, 1.807) is 54.6 Å². The first-order valence-corrected chi connectivity index (χ1v) is 5.68. The van der Waals surface area contributed by atoms with Crippen LogP contribution in [0.2, 0.25) is 0 Å². The van der Waals surface area contributed by atoms with Crippen molar-refractivity contribution in [1.29, 1.82) is 5.26 Å². The van der Waals surface area contributed by atoms with E-state index in [0.29, 0.717) is 11.1 Å². The van der Waals surface area contributed by atoms with Gasteiger partial charge in [0.15, 0.2) is 0 Å².